The minimum Gasteiger partial charge on any atom is -0.393 e. The molecule has 0 radical (unpaired) electrons. The van der Waals surface area contributed by atoms with Gasteiger partial charge in [0, 0.05) is 13.6 Å². The molecule has 0 aromatic rings. The number of aliphatic hydroxyl groups excluding tert-OH is 1. The summed E-state index contributed by atoms with van der Waals surface area (Å²) in [4.78, 5) is 16.1. The first-order valence-electron chi connectivity index (χ1n) is 7.20. The van der Waals surface area contributed by atoms with Crippen LogP contribution >= 0.6 is 0 Å². The monoisotopic (exact) mass is 254 g/mol. The summed E-state index contributed by atoms with van der Waals surface area (Å²) in [6.07, 6.45) is 4.39. The zero-order valence-electron chi connectivity index (χ0n) is 11.6. The molecule has 0 bridgehead atoms. The number of hydrogen-bond acceptors (Lipinski definition) is 3. The molecule has 4 heteroatoms. The highest BCUT2D eigenvalue weighted by Crippen LogP contribution is 2.29. The number of carbonyl (C=O) groups excluding carboxylic acids is 1. The molecule has 1 heterocycles. The zero-order chi connectivity index (χ0) is 13.1. The van der Waals surface area contributed by atoms with Crippen LogP contribution in [0, 0.1) is 11.8 Å². The summed E-state index contributed by atoms with van der Waals surface area (Å²) in [6, 6.07) is 0. The second kappa shape index (κ2) is 6.02. The van der Waals surface area contributed by atoms with Crippen molar-refractivity contribution in [2.45, 2.75) is 38.7 Å². The Balaban J connectivity index is 1.68. The SMILES string of the molecule is CC(O)C1CCN(CC(=O)N(C)CC2CC2)CC1. The topological polar surface area (TPSA) is 43.8 Å². The summed E-state index contributed by atoms with van der Waals surface area (Å²) in [7, 11) is 1.92. The largest absolute Gasteiger partial charge is 0.393 e. The molecule has 0 aromatic carbocycles. The third-order valence-electron chi connectivity index (χ3n) is 4.33. The predicted octanol–water partition coefficient (Wildman–Crippen LogP) is 0.948. The van der Waals surface area contributed by atoms with Crippen LogP contribution in [0.3, 0.4) is 0 Å². The first-order chi connectivity index (χ1) is 8.56. The summed E-state index contributed by atoms with van der Waals surface area (Å²) < 4.78 is 0. The second-order valence-corrected chi connectivity index (χ2v) is 6.07. The van der Waals surface area contributed by atoms with Crippen molar-refractivity contribution in [2.24, 2.45) is 11.8 Å². The third-order valence-corrected chi connectivity index (χ3v) is 4.33. The highest BCUT2D eigenvalue weighted by atomic mass is 16.3. The Bertz CT molecular complexity index is 282. The molecule has 1 aliphatic heterocycles. The molecule has 0 aromatic heterocycles. The number of carbonyl (C=O) groups is 1. The Hall–Kier alpha value is -0.610. The zero-order valence-corrected chi connectivity index (χ0v) is 11.6. The van der Waals surface area contributed by atoms with Gasteiger partial charge < -0.3 is 10.0 Å². The maximum Gasteiger partial charge on any atom is 0.236 e. The lowest BCUT2D eigenvalue weighted by molar-refractivity contribution is -0.131. The Morgan fingerprint density at radius 3 is 2.44 bits per heavy atom. The van der Waals surface area contributed by atoms with Crippen molar-refractivity contribution in [1.29, 1.82) is 0 Å². The van der Waals surface area contributed by atoms with E-state index in [4.69, 9.17) is 0 Å². The van der Waals surface area contributed by atoms with Crippen molar-refractivity contribution >= 4 is 5.91 Å². The minimum absolute atomic E-state index is 0.208. The van der Waals surface area contributed by atoms with E-state index in [1.807, 2.05) is 18.9 Å². The number of hydrogen-bond donors (Lipinski definition) is 1. The standard InChI is InChI=1S/C14H26N2O2/c1-11(17)13-5-7-16(8-6-13)10-14(18)15(2)9-12-3-4-12/h11-13,17H,3-10H2,1-2H3. The molecule has 2 fully saturated rings. The quantitative estimate of drug-likeness (QED) is 0.794. The molecule has 4 nitrogen and oxygen atoms in total. The van der Waals surface area contributed by atoms with Crippen molar-refractivity contribution in [2.75, 3.05) is 33.2 Å². The van der Waals surface area contributed by atoms with Gasteiger partial charge in [-0.05, 0) is 57.5 Å². The van der Waals surface area contributed by atoms with Gasteiger partial charge in [-0.1, -0.05) is 0 Å². The molecule has 1 N–H and O–H groups in total. The fourth-order valence-electron chi connectivity index (χ4n) is 2.69. The average molecular weight is 254 g/mol. The Labute approximate surface area is 110 Å². The Morgan fingerprint density at radius 1 is 1.33 bits per heavy atom. The number of amides is 1. The summed E-state index contributed by atoms with van der Waals surface area (Å²) in [6.45, 7) is 5.24. The van der Waals surface area contributed by atoms with Crippen LogP contribution in [0.15, 0.2) is 0 Å². The van der Waals surface area contributed by atoms with E-state index in [1.165, 1.54) is 12.8 Å². The van der Waals surface area contributed by atoms with Crippen LogP contribution in [0.25, 0.3) is 0 Å². The number of rotatable bonds is 5. The number of aliphatic hydroxyl groups is 1. The fourth-order valence-corrected chi connectivity index (χ4v) is 2.69. The van der Waals surface area contributed by atoms with Gasteiger partial charge in [-0.15, -0.1) is 0 Å². The minimum atomic E-state index is -0.208. The second-order valence-electron chi connectivity index (χ2n) is 6.07. The fraction of sp³-hybridized carbons (Fsp3) is 0.929. The summed E-state index contributed by atoms with van der Waals surface area (Å²) in [5.41, 5.74) is 0. The van der Waals surface area contributed by atoms with Gasteiger partial charge in [0.05, 0.1) is 12.6 Å². The Kier molecular flexibility index (Phi) is 4.62. The molecule has 1 amide bonds. The molecule has 0 spiro atoms. The van der Waals surface area contributed by atoms with Gasteiger partial charge in [0.1, 0.15) is 0 Å². The van der Waals surface area contributed by atoms with Crippen molar-refractivity contribution in [1.82, 2.24) is 9.80 Å². The molecule has 1 saturated carbocycles. The van der Waals surface area contributed by atoms with E-state index in [0.29, 0.717) is 12.5 Å². The van der Waals surface area contributed by atoms with Crippen molar-refractivity contribution < 1.29 is 9.90 Å². The van der Waals surface area contributed by atoms with E-state index in [-0.39, 0.29) is 12.0 Å². The molecule has 1 saturated heterocycles. The lowest BCUT2D eigenvalue weighted by atomic mass is 9.92. The van der Waals surface area contributed by atoms with Gasteiger partial charge in [-0.25, -0.2) is 0 Å². The number of likely N-dealkylation sites (tertiary alicyclic amines) is 1. The average Bonchev–Trinajstić information content (AvgIpc) is 3.13. The highest BCUT2D eigenvalue weighted by Gasteiger charge is 2.27. The first-order valence-corrected chi connectivity index (χ1v) is 7.20. The molecule has 1 unspecified atom stereocenters. The Morgan fingerprint density at radius 2 is 1.94 bits per heavy atom. The van der Waals surface area contributed by atoms with Crippen LogP contribution < -0.4 is 0 Å². The van der Waals surface area contributed by atoms with E-state index in [1.54, 1.807) is 0 Å². The van der Waals surface area contributed by atoms with Gasteiger partial charge in [0.15, 0.2) is 0 Å². The normalized spacial score (nSPS) is 23.9. The van der Waals surface area contributed by atoms with Crippen LogP contribution in [-0.4, -0.2) is 60.1 Å². The number of nitrogens with zero attached hydrogens (tertiary/aromatic N) is 2. The number of piperidine rings is 1. The molecule has 2 rings (SSSR count). The maximum atomic E-state index is 12.0. The van der Waals surface area contributed by atoms with Crippen molar-refractivity contribution in [3.63, 3.8) is 0 Å². The van der Waals surface area contributed by atoms with E-state index < -0.39 is 0 Å². The van der Waals surface area contributed by atoms with E-state index in [2.05, 4.69) is 4.90 Å². The number of likely N-dealkylation sites (N-methyl/N-ethyl adjacent to an activating group) is 1. The molecule has 1 aliphatic carbocycles. The van der Waals surface area contributed by atoms with E-state index >= 15 is 0 Å². The van der Waals surface area contributed by atoms with Gasteiger partial charge in [0.25, 0.3) is 0 Å². The summed E-state index contributed by atoms with van der Waals surface area (Å²) in [5.74, 6) is 1.43. The van der Waals surface area contributed by atoms with E-state index in [0.717, 1.165) is 38.4 Å². The molecule has 104 valence electrons. The van der Waals surface area contributed by atoms with E-state index in [9.17, 15) is 9.90 Å². The van der Waals surface area contributed by atoms with Crippen LogP contribution in [0.2, 0.25) is 0 Å². The summed E-state index contributed by atoms with van der Waals surface area (Å²) in [5, 5.41) is 9.55. The van der Waals surface area contributed by atoms with Gasteiger partial charge in [0.2, 0.25) is 5.91 Å². The molecule has 18 heavy (non-hydrogen) atoms. The van der Waals surface area contributed by atoms with Crippen molar-refractivity contribution in [3.05, 3.63) is 0 Å². The van der Waals surface area contributed by atoms with Crippen LogP contribution in [0.5, 0.6) is 0 Å². The molecule has 2 aliphatic rings. The molecular formula is C14H26N2O2. The smallest absolute Gasteiger partial charge is 0.236 e. The molecular weight excluding hydrogens is 228 g/mol. The van der Waals surface area contributed by atoms with Gasteiger partial charge in [-0.3, -0.25) is 9.69 Å². The van der Waals surface area contributed by atoms with Gasteiger partial charge >= 0.3 is 0 Å². The van der Waals surface area contributed by atoms with Gasteiger partial charge in [-0.2, -0.15) is 0 Å². The molecule has 1 atom stereocenters. The highest BCUT2D eigenvalue weighted by molar-refractivity contribution is 5.78. The lowest BCUT2D eigenvalue weighted by Gasteiger charge is -2.33. The third kappa shape index (κ3) is 3.95. The maximum absolute atomic E-state index is 12.0. The predicted molar refractivity (Wildman–Crippen MR) is 71.2 cm³/mol. The van der Waals surface area contributed by atoms with Crippen LogP contribution in [0.1, 0.15) is 32.6 Å². The lowest BCUT2D eigenvalue weighted by Crippen LogP contribution is -2.43. The van der Waals surface area contributed by atoms with Crippen LogP contribution in [-0.2, 0) is 4.79 Å². The van der Waals surface area contributed by atoms with Crippen LogP contribution in [0.4, 0.5) is 0 Å². The summed E-state index contributed by atoms with van der Waals surface area (Å²) >= 11 is 0. The van der Waals surface area contributed by atoms with Crippen molar-refractivity contribution in [3.8, 4) is 0 Å². The first kappa shape index (κ1) is 13.8.